The van der Waals surface area contributed by atoms with Gasteiger partial charge >= 0.3 is 0 Å². The largest absolute Gasteiger partial charge is 0.399 e. The fraction of sp³-hybridized carbons (Fsp3) is 0.429. The lowest BCUT2D eigenvalue weighted by atomic mass is 9.89. The molecule has 22 heavy (non-hydrogen) atoms. The minimum Gasteiger partial charge on any atom is -0.399 e. The minimum atomic E-state index is -0.967. The van der Waals surface area contributed by atoms with Gasteiger partial charge in [0.15, 0.2) is 5.84 Å². The van der Waals surface area contributed by atoms with Gasteiger partial charge in [0.25, 0.3) is 5.91 Å². The van der Waals surface area contributed by atoms with Gasteiger partial charge in [0.05, 0.1) is 13.2 Å². The van der Waals surface area contributed by atoms with E-state index < -0.39 is 11.4 Å². The van der Waals surface area contributed by atoms with Crippen molar-refractivity contribution in [1.82, 2.24) is 4.90 Å². The highest BCUT2D eigenvalue weighted by Gasteiger charge is 2.38. The van der Waals surface area contributed by atoms with Crippen LogP contribution in [0.4, 0.5) is 10.1 Å². The van der Waals surface area contributed by atoms with Crippen molar-refractivity contribution < 1.29 is 13.9 Å². The number of amidine groups is 1. The lowest BCUT2D eigenvalue weighted by Gasteiger charge is -2.37. The molecule has 0 radical (unpaired) electrons. The third-order valence-electron chi connectivity index (χ3n) is 3.51. The fourth-order valence-electron chi connectivity index (χ4n) is 2.44. The summed E-state index contributed by atoms with van der Waals surface area (Å²) in [5.41, 5.74) is 11.2. The van der Waals surface area contributed by atoms with Crippen molar-refractivity contribution in [2.75, 3.05) is 32.5 Å². The van der Waals surface area contributed by atoms with Crippen LogP contribution in [-0.4, -0.2) is 43.4 Å². The van der Waals surface area contributed by atoms with E-state index in [0.717, 1.165) is 0 Å². The van der Waals surface area contributed by atoms with Gasteiger partial charge in [-0.05, 0) is 25.1 Å². The Bertz CT molecular complexity index is 596. The Balaban J connectivity index is 0.00000242. The number of methoxy groups -OCH3 is 1. The fourth-order valence-corrected chi connectivity index (χ4v) is 2.44. The number of nitrogens with two attached hydrogens (primary N) is 2. The third-order valence-corrected chi connectivity index (χ3v) is 3.51. The molecule has 0 aromatic heterocycles. The van der Waals surface area contributed by atoms with Crippen molar-refractivity contribution in [3.05, 3.63) is 29.6 Å². The highest BCUT2D eigenvalue weighted by Crippen LogP contribution is 2.32. The van der Waals surface area contributed by atoms with Crippen LogP contribution < -0.4 is 11.5 Å². The first-order valence-electron chi connectivity index (χ1n) is 6.56. The van der Waals surface area contributed by atoms with Gasteiger partial charge in [0.1, 0.15) is 11.4 Å². The topological polar surface area (TPSA) is 93.9 Å². The number of nitrogens with zero attached hydrogens (tertiary/aromatic N) is 2. The van der Waals surface area contributed by atoms with E-state index in [-0.39, 0.29) is 30.7 Å². The van der Waals surface area contributed by atoms with Crippen LogP contribution in [-0.2, 0) is 15.1 Å². The summed E-state index contributed by atoms with van der Waals surface area (Å²) in [6.45, 7) is 2.68. The van der Waals surface area contributed by atoms with Crippen LogP contribution in [0.5, 0.6) is 0 Å². The number of amides is 1. The normalized spacial score (nSPS) is 21.3. The summed E-state index contributed by atoms with van der Waals surface area (Å²) in [5, 5.41) is 0. The van der Waals surface area contributed by atoms with Crippen molar-refractivity contribution >= 4 is 29.8 Å². The number of anilines is 1. The van der Waals surface area contributed by atoms with Gasteiger partial charge in [-0.15, -0.1) is 12.4 Å². The predicted molar refractivity (Wildman–Crippen MR) is 85.5 cm³/mol. The second-order valence-electron chi connectivity index (χ2n) is 5.23. The number of hydrogen-bond donors (Lipinski definition) is 2. The first-order valence-corrected chi connectivity index (χ1v) is 6.56. The van der Waals surface area contributed by atoms with Crippen LogP contribution in [0.2, 0.25) is 0 Å². The molecule has 1 amide bonds. The molecule has 0 aliphatic carbocycles. The lowest BCUT2D eigenvalue weighted by Crippen LogP contribution is -2.53. The van der Waals surface area contributed by atoms with E-state index in [1.54, 1.807) is 14.0 Å². The van der Waals surface area contributed by atoms with Gasteiger partial charge in [-0.2, -0.15) is 0 Å². The summed E-state index contributed by atoms with van der Waals surface area (Å²) in [6, 6.07) is 4.29. The zero-order valence-electron chi connectivity index (χ0n) is 12.5. The van der Waals surface area contributed by atoms with Crippen LogP contribution in [0.15, 0.2) is 23.2 Å². The Morgan fingerprint density at radius 3 is 2.77 bits per heavy atom. The van der Waals surface area contributed by atoms with E-state index in [0.29, 0.717) is 24.4 Å². The van der Waals surface area contributed by atoms with Gasteiger partial charge in [0.2, 0.25) is 0 Å². The Labute approximate surface area is 134 Å². The number of carbonyl (C=O) groups excluding carboxylic acids is 1. The molecule has 1 aromatic rings. The number of halogens is 2. The van der Waals surface area contributed by atoms with Crippen molar-refractivity contribution in [1.29, 1.82) is 0 Å². The zero-order valence-corrected chi connectivity index (χ0v) is 13.3. The predicted octanol–water partition coefficient (Wildman–Crippen LogP) is 0.891. The number of hydrogen-bond acceptors (Lipinski definition) is 5. The number of nitrogen functional groups attached to an aromatic ring is 1. The van der Waals surface area contributed by atoms with Crippen molar-refractivity contribution in [2.45, 2.75) is 12.5 Å². The van der Waals surface area contributed by atoms with Gasteiger partial charge in [-0.1, -0.05) is 0 Å². The quantitative estimate of drug-likeness (QED) is 0.802. The van der Waals surface area contributed by atoms with Crippen molar-refractivity contribution in [2.24, 2.45) is 10.7 Å². The van der Waals surface area contributed by atoms with Gasteiger partial charge in [0, 0.05) is 24.9 Å². The third kappa shape index (κ3) is 3.48. The molecule has 1 aliphatic heterocycles. The number of carbonyl (C=O) groups is 1. The Hall–Kier alpha value is -1.86. The Morgan fingerprint density at radius 1 is 1.45 bits per heavy atom. The van der Waals surface area contributed by atoms with E-state index in [9.17, 15) is 9.18 Å². The number of ether oxygens (including phenoxy) is 1. The lowest BCUT2D eigenvalue weighted by molar-refractivity contribution is -0.126. The monoisotopic (exact) mass is 330 g/mol. The van der Waals surface area contributed by atoms with Crippen molar-refractivity contribution in [3.63, 3.8) is 0 Å². The molecule has 0 bridgehead atoms. The second-order valence-corrected chi connectivity index (χ2v) is 5.23. The first-order chi connectivity index (χ1) is 9.87. The summed E-state index contributed by atoms with van der Waals surface area (Å²) < 4.78 is 19.1. The number of benzene rings is 1. The zero-order chi connectivity index (χ0) is 15.6. The minimum absolute atomic E-state index is 0. The molecule has 4 N–H and O–H groups in total. The maximum Gasteiger partial charge on any atom is 0.288 e. The van der Waals surface area contributed by atoms with Crippen molar-refractivity contribution in [3.8, 4) is 0 Å². The maximum absolute atomic E-state index is 14.1. The highest BCUT2D eigenvalue weighted by atomic mass is 35.5. The molecule has 0 fully saturated rings. The van der Waals surface area contributed by atoms with Gasteiger partial charge < -0.3 is 21.1 Å². The van der Waals surface area contributed by atoms with E-state index in [1.165, 1.54) is 23.1 Å². The molecular formula is C14H20ClFN4O2. The Kier molecular flexibility index (Phi) is 5.73. The number of aliphatic imine (C=N–C) groups is 1. The van der Waals surface area contributed by atoms with Crippen LogP contribution in [0.1, 0.15) is 12.5 Å². The molecule has 1 aromatic carbocycles. The van der Waals surface area contributed by atoms with Gasteiger partial charge in [-0.25, -0.2) is 4.39 Å². The molecular weight excluding hydrogens is 311 g/mol. The molecule has 0 saturated carbocycles. The molecule has 8 heteroatoms. The number of rotatable bonds is 4. The van der Waals surface area contributed by atoms with Crippen LogP contribution >= 0.6 is 12.4 Å². The van der Waals surface area contributed by atoms with E-state index in [2.05, 4.69) is 4.99 Å². The summed E-state index contributed by atoms with van der Waals surface area (Å²) in [4.78, 5) is 17.7. The van der Waals surface area contributed by atoms with Crippen LogP contribution in [0.3, 0.4) is 0 Å². The standard InChI is InChI=1S/C14H19FN4O2.ClH/c1-14(10-7-9(16)3-4-11(10)15)8-19(5-6-21-2)13(20)12(17)18-14;/h3-4,7H,5-6,8,16H2,1-2H3,(H2,17,18);1H. The Morgan fingerprint density at radius 2 is 2.14 bits per heavy atom. The second kappa shape index (κ2) is 6.93. The maximum atomic E-state index is 14.1. The molecule has 122 valence electrons. The highest BCUT2D eigenvalue weighted by molar-refractivity contribution is 6.37. The molecule has 6 nitrogen and oxygen atoms in total. The summed E-state index contributed by atoms with van der Waals surface area (Å²) in [5.74, 6) is -0.931. The molecule has 1 heterocycles. The summed E-state index contributed by atoms with van der Waals surface area (Å²) in [7, 11) is 1.54. The smallest absolute Gasteiger partial charge is 0.288 e. The average molecular weight is 331 g/mol. The molecule has 1 atom stereocenters. The average Bonchev–Trinajstić information content (AvgIpc) is 2.44. The van der Waals surface area contributed by atoms with E-state index in [1.807, 2.05) is 0 Å². The van der Waals surface area contributed by atoms with Gasteiger partial charge in [-0.3, -0.25) is 9.79 Å². The summed E-state index contributed by atoms with van der Waals surface area (Å²) in [6.07, 6.45) is 0. The van der Waals surface area contributed by atoms with Crippen LogP contribution in [0.25, 0.3) is 0 Å². The molecule has 0 spiro atoms. The first kappa shape index (κ1) is 18.2. The van der Waals surface area contributed by atoms with E-state index in [4.69, 9.17) is 16.2 Å². The SMILES string of the molecule is COCCN1CC(C)(c2cc(N)ccc2F)N=C(N)C1=O.Cl. The molecule has 1 aliphatic rings. The van der Waals surface area contributed by atoms with E-state index >= 15 is 0 Å². The molecule has 0 saturated heterocycles. The summed E-state index contributed by atoms with van der Waals surface area (Å²) >= 11 is 0. The molecule has 2 rings (SSSR count). The molecule has 1 unspecified atom stereocenters. The van der Waals surface area contributed by atoms with Crippen LogP contribution in [0, 0.1) is 5.82 Å².